The van der Waals surface area contributed by atoms with E-state index in [2.05, 4.69) is 55.6 Å². The molecule has 1 aromatic carbocycles. The van der Waals surface area contributed by atoms with Gasteiger partial charge in [0.15, 0.2) is 5.96 Å². The number of nitrogens with one attached hydrogen (secondary N) is 1. The lowest BCUT2D eigenvalue weighted by molar-refractivity contribution is -0.172. The molecule has 1 aliphatic carbocycles. The number of carbonyl (C=O) groups excluding carboxylic acids is 1. The minimum atomic E-state index is -0.341. The maximum Gasteiger partial charge on any atom is 0.253 e. The predicted molar refractivity (Wildman–Crippen MR) is 154 cm³/mol. The van der Waals surface area contributed by atoms with Crippen LogP contribution in [0.25, 0.3) is 0 Å². The van der Waals surface area contributed by atoms with E-state index in [0.717, 1.165) is 51.1 Å². The number of ether oxygens (including phenoxy) is 1. The maximum atomic E-state index is 13.2. The van der Waals surface area contributed by atoms with Crippen molar-refractivity contribution in [1.29, 1.82) is 5.26 Å². The standard InChI is InChI=1S/C30H44N6O3/c1-7-22(20-33-28(32)36-15-13-35(14-16-36)12-8-9-17-37)25(38)34-26-29(3,4)27(30(26,5)6)39-24-11-10-23(19-31)21(2)18-24/h7,10-11,18,20,26-27,37H,1,8-9,12-17H2,2-6H3,(H2,32,33)(H,34,38)/b22-20+. The van der Waals surface area contributed by atoms with Gasteiger partial charge in [0.25, 0.3) is 5.91 Å². The van der Waals surface area contributed by atoms with E-state index in [4.69, 9.17) is 15.6 Å². The van der Waals surface area contributed by atoms with Gasteiger partial charge in [-0.1, -0.05) is 40.3 Å². The Bertz CT molecular complexity index is 1130. The van der Waals surface area contributed by atoms with E-state index in [1.165, 1.54) is 12.3 Å². The van der Waals surface area contributed by atoms with Crippen molar-refractivity contribution >= 4 is 11.9 Å². The van der Waals surface area contributed by atoms with Crippen LogP contribution in [0.2, 0.25) is 0 Å². The summed E-state index contributed by atoms with van der Waals surface area (Å²) in [5.41, 5.74) is 7.41. The summed E-state index contributed by atoms with van der Waals surface area (Å²) < 4.78 is 6.39. The fraction of sp³-hybridized carbons (Fsp3) is 0.567. The molecule has 9 nitrogen and oxygen atoms in total. The van der Waals surface area contributed by atoms with E-state index in [-0.39, 0.29) is 35.5 Å². The normalized spacial score (nSPS) is 22.9. The average Bonchev–Trinajstić information content (AvgIpc) is 2.91. The number of aliphatic imine (C=N–C) groups is 1. The quantitative estimate of drug-likeness (QED) is 0.138. The number of unbranched alkanes of at least 4 members (excludes halogenated alkanes) is 1. The number of piperazine rings is 1. The molecule has 1 aromatic rings. The molecule has 39 heavy (non-hydrogen) atoms. The number of carbonyl (C=O) groups is 1. The molecule has 3 rings (SSSR count). The van der Waals surface area contributed by atoms with Crippen LogP contribution in [0.4, 0.5) is 0 Å². The Morgan fingerprint density at radius 3 is 2.49 bits per heavy atom. The molecule has 0 aromatic heterocycles. The Labute approximate surface area is 233 Å². The third kappa shape index (κ3) is 6.81. The zero-order valence-corrected chi connectivity index (χ0v) is 24.0. The zero-order chi connectivity index (χ0) is 28.8. The lowest BCUT2D eigenvalue weighted by atomic mass is 9.49. The van der Waals surface area contributed by atoms with E-state index in [1.807, 2.05) is 24.0 Å². The van der Waals surface area contributed by atoms with Gasteiger partial charge >= 0.3 is 0 Å². The number of rotatable bonds is 10. The highest BCUT2D eigenvalue weighted by Gasteiger charge is 2.64. The van der Waals surface area contributed by atoms with Crippen LogP contribution in [0.15, 0.2) is 47.6 Å². The van der Waals surface area contributed by atoms with Crippen molar-refractivity contribution in [2.75, 3.05) is 39.3 Å². The molecule has 212 valence electrons. The molecular formula is C30H44N6O3. The Morgan fingerprint density at radius 2 is 1.92 bits per heavy atom. The van der Waals surface area contributed by atoms with Crippen LogP contribution in [-0.2, 0) is 4.79 Å². The molecular weight excluding hydrogens is 492 g/mol. The van der Waals surface area contributed by atoms with Crippen LogP contribution in [0.3, 0.4) is 0 Å². The number of hydrogen-bond donors (Lipinski definition) is 3. The number of aryl methyl sites for hydroxylation is 1. The van der Waals surface area contributed by atoms with Gasteiger partial charge in [-0.3, -0.25) is 9.69 Å². The average molecular weight is 537 g/mol. The second-order valence-electron chi connectivity index (χ2n) is 11.7. The van der Waals surface area contributed by atoms with Crippen LogP contribution in [0.1, 0.15) is 51.7 Å². The molecule has 1 heterocycles. The first-order valence-electron chi connectivity index (χ1n) is 13.7. The minimum Gasteiger partial charge on any atom is -0.489 e. The molecule has 2 aliphatic rings. The largest absolute Gasteiger partial charge is 0.489 e. The van der Waals surface area contributed by atoms with Crippen molar-refractivity contribution in [2.45, 2.75) is 59.6 Å². The number of nitrogens with two attached hydrogens (primary N) is 1. The van der Waals surface area contributed by atoms with Crippen LogP contribution >= 0.6 is 0 Å². The first-order valence-corrected chi connectivity index (χ1v) is 13.7. The predicted octanol–water partition coefficient (Wildman–Crippen LogP) is 2.94. The van der Waals surface area contributed by atoms with Crippen molar-refractivity contribution in [3.63, 3.8) is 0 Å². The number of nitriles is 1. The van der Waals surface area contributed by atoms with E-state index < -0.39 is 0 Å². The number of benzene rings is 1. The molecule has 0 radical (unpaired) electrons. The molecule has 0 unspecified atom stereocenters. The summed E-state index contributed by atoms with van der Waals surface area (Å²) in [7, 11) is 0. The van der Waals surface area contributed by atoms with Crippen LogP contribution in [0, 0.1) is 29.1 Å². The van der Waals surface area contributed by atoms with Gasteiger partial charge in [0.2, 0.25) is 0 Å². The fourth-order valence-electron chi connectivity index (χ4n) is 6.05. The third-order valence-corrected chi connectivity index (χ3v) is 8.08. The molecule has 1 aliphatic heterocycles. The fourth-order valence-corrected chi connectivity index (χ4v) is 6.05. The van der Waals surface area contributed by atoms with Crippen molar-refractivity contribution in [3.8, 4) is 11.8 Å². The van der Waals surface area contributed by atoms with Gasteiger partial charge in [0.05, 0.1) is 17.2 Å². The highest BCUT2D eigenvalue weighted by atomic mass is 16.5. The molecule has 0 bridgehead atoms. The van der Waals surface area contributed by atoms with E-state index >= 15 is 0 Å². The molecule has 1 amide bonds. The van der Waals surface area contributed by atoms with Gasteiger partial charge in [-0.05, 0) is 50.1 Å². The SMILES string of the molecule is C=C/C(=C\N=C(N)N1CCN(CCCCO)CC1)C(=O)NC1C(C)(C)C(Oc2ccc(C#N)c(C)c2)C1(C)C. The Balaban J connectivity index is 1.61. The molecule has 1 saturated heterocycles. The molecule has 2 fully saturated rings. The smallest absolute Gasteiger partial charge is 0.253 e. The van der Waals surface area contributed by atoms with Crippen molar-refractivity contribution < 1.29 is 14.6 Å². The number of hydrogen-bond acceptors (Lipinski definition) is 6. The summed E-state index contributed by atoms with van der Waals surface area (Å²) in [6, 6.07) is 7.51. The Kier molecular flexibility index (Phi) is 9.81. The second kappa shape index (κ2) is 12.7. The molecule has 0 spiro atoms. The second-order valence-corrected chi connectivity index (χ2v) is 11.7. The number of aliphatic hydroxyl groups is 1. The van der Waals surface area contributed by atoms with Crippen molar-refractivity contribution in [3.05, 3.63) is 53.8 Å². The lowest BCUT2D eigenvalue weighted by Gasteiger charge is -2.63. The van der Waals surface area contributed by atoms with Gasteiger partial charge in [-0.15, -0.1) is 0 Å². The Morgan fingerprint density at radius 1 is 1.26 bits per heavy atom. The van der Waals surface area contributed by atoms with Gasteiger partial charge in [0.1, 0.15) is 11.9 Å². The first-order chi connectivity index (χ1) is 18.4. The van der Waals surface area contributed by atoms with E-state index in [0.29, 0.717) is 22.8 Å². The maximum absolute atomic E-state index is 13.2. The van der Waals surface area contributed by atoms with Crippen LogP contribution in [0.5, 0.6) is 5.75 Å². The summed E-state index contributed by atoms with van der Waals surface area (Å²) in [5, 5.41) is 21.4. The van der Waals surface area contributed by atoms with E-state index in [1.54, 1.807) is 6.07 Å². The summed E-state index contributed by atoms with van der Waals surface area (Å²) in [6.45, 7) is 18.5. The number of aliphatic hydroxyl groups excluding tert-OH is 1. The van der Waals surface area contributed by atoms with Gasteiger partial charge < -0.3 is 25.8 Å². The lowest BCUT2D eigenvalue weighted by Crippen LogP contribution is -2.74. The third-order valence-electron chi connectivity index (χ3n) is 8.08. The van der Waals surface area contributed by atoms with Crippen LogP contribution < -0.4 is 15.8 Å². The minimum absolute atomic E-state index is 0.144. The van der Waals surface area contributed by atoms with Gasteiger partial charge in [-0.2, -0.15) is 5.26 Å². The first kappa shape index (κ1) is 30.2. The van der Waals surface area contributed by atoms with E-state index in [9.17, 15) is 10.1 Å². The number of guanidine groups is 1. The van der Waals surface area contributed by atoms with Crippen LogP contribution in [-0.4, -0.2) is 78.2 Å². The number of nitrogens with zero attached hydrogens (tertiary/aromatic N) is 4. The summed E-state index contributed by atoms with van der Waals surface area (Å²) in [6.07, 6.45) is 4.64. The highest BCUT2D eigenvalue weighted by Crippen LogP contribution is 2.55. The monoisotopic (exact) mass is 536 g/mol. The van der Waals surface area contributed by atoms with Crippen molar-refractivity contribution in [2.24, 2.45) is 21.6 Å². The molecule has 9 heteroatoms. The molecule has 1 saturated carbocycles. The summed E-state index contributed by atoms with van der Waals surface area (Å²) in [4.78, 5) is 22.0. The number of amides is 1. The molecule has 4 N–H and O–H groups in total. The van der Waals surface area contributed by atoms with Crippen molar-refractivity contribution in [1.82, 2.24) is 15.1 Å². The topological polar surface area (TPSA) is 127 Å². The summed E-state index contributed by atoms with van der Waals surface area (Å²) in [5.74, 6) is 0.839. The molecule has 0 atom stereocenters. The van der Waals surface area contributed by atoms with Gasteiger partial charge in [-0.25, -0.2) is 4.99 Å². The Hall–Kier alpha value is -3.35. The zero-order valence-electron chi connectivity index (χ0n) is 24.0. The highest BCUT2D eigenvalue weighted by molar-refractivity contribution is 5.96. The summed E-state index contributed by atoms with van der Waals surface area (Å²) >= 11 is 0. The van der Waals surface area contributed by atoms with Gasteiger partial charge in [0, 0.05) is 55.9 Å².